The van der Waals surface area contributed by atoms with Crippen LogP contribution in [0.25, 0.3) is 0 Å². The second-order valence-electron chi connectivity index (χ2n) is 9.06. The predicted octanol–water partition coefficient (Wildman–Crippen LogP) is 4.74. The second kappa shape index (κ2) is 11.4. The Hall–Kier alpha value is -4.61. The first-order valence-corrected chi connectivity index (χ1v) is 12.1. The van der Waals surface area contributed by atoms with Gasteiger partial charge < -0.3 is 25.5 Å². The normalized spacial score (nSPS) is 15.9. The molecule has 1 spiro atoms. The highest BCUT2D eigenvalue weighted by Crippen LogP contribution is 2.40. The van der Waals surface area contributed by atoms with E-state index in [0.717, 1.165) is 22.6 Å². The molecule has 2 aliphatic heterocycles. The van der Waals surface area contributed by atoms with E-state index in [1.807, 2.05) is 71.6 Å². The van der Waals surface area contributed by atoms with Crippen molar-refractivity contribution in [3.63, 3.8) is 0 Å². The fourth-order valence-corrected chi connectivity index (χ4v) is 4.48. The minimum atomic E-state index is -5.08. The molecule has 3 N–H and O–H groups in total. The third-order valence-corrected chi connectivity index (χ3v) is 6.46. The summed E-state index contributed by atoms with van der Waals surface area (Å²) in [5, 5.41) is 13.6. The van der Waals surface area contributed by atoms with Crippen molar-refractivity contribution in [1.82, 2.24) is 9.88 Å². The van der Waals surface area contributed by atoms with Crippen molar-refractivity contribution in [3.05, 3.63) is 84.7 Å². The number of hydrogen-bond donors (Lipinski definition) is 3. The van der Waals surface area contributed by atoms with Gasteiger partial charge in [-0.05, 0) is 48.7 Å². The number of piperidine rings is 1. The van der Waals surface area contributed by atoms with Gasteiger partial charge in [0.05, 0.1) is 17.9 Å². The van der Waals surface area contributed by atoms with Crippen molar-refractivity contribution in [2.45, 2.75) is 31.1 Å². The van der Waals surface area contributed by atoms with Crippen LogP contribution >= 0.6 is 0 Å². The van der Waals surface area contributed by atoms with Crippen LogP contribution in [-0.2, 0) is 16.1 Å². The van der Waals surface area contributed by atoms with Crippen LogP contribution in [0.15, 0.2) is 79.1 Å². The number of carbonyl (C=O) groups excluding carboxylic acids is 2. The minimum Gasteiger partial charge on any atom is -0.475 e. The van der Waals surface area contributed by atoms with E-state index in [9.17, 15) is 22.8 Å². The number of carboxylic acids is 1. The number of benzene rings is 2. The van der Waals surface area contributed by atoms with Gasteiger partial charge in [0, 0.05) is 31.2 Å². The molecular formula is C27H26F3N5O4. The lowest BCUT2D eigenvalue weighted by molar-refractivity contribution is -0.192. The number of amides is 3. The van der Waals surface area contributed by atoms with Crippen molar-refractivity contribution in [2.24, 2.45) is 0 Å². The smallest absolute Gasteiger partial charge is 0.475 e. The Balaban J connectivity index is 0.000000448. The first kappa shape index (κ1) is 27.4. The van der Waals surface area contributed by atoms with Crippen molar-refractivity contribution in [3.8, 4) is 0 Å². The molecule has 0 radical (unpaired) electrons. The molecule has 2 aromatic carbocycles. The highest BCUT2D eigenvalue weighted by molar-refractivity contribution is 6.08. The number of aromatic nitrogens is 1. The summed E-state index contributed by atoms with van der Waals surface area (Å²) >= 11 is 0. The SMILES string of the molecule is O=C(Nc1ccccc1)N1CCC2(CC1)Nc1ccccc1N(Cc1cccnc1)C2=O.O=C(O)C(F)(F)F. The van der Waals surface area contributed by atoms with Crippen LogP contribution in [0, 0.1) is 0 Å². The lowest BCUT2D eigenvalue weighted by atomic mass is 9.83. The quantitative estimate of drug-likeness (QED) is 0.441. The summed E-state index contributed by atoms with van der Waals surface area (Å²) < 4.78 is 31.7. The summed E-state index contributed by atoms with van der Waals surface area (Å²) in [6, 6.07) is 21.0. The summed E-state index contributed by atoms with van der Waals surface area (Å²) in [7, 11) is 0. The predicted molar refractivity (Wildman–Crippen MR) is 138 cm³/mol. The van der Waals surface area contributed by atoms with E-state index < -0.39 is 17.7 Å². The Morgan fingerprint density at radius 2 is 1.64 bits per heavy atom. The van der Waals surface area contributed by atoms with Crippen molar-refractivity contribution < 1.29 is 32.7 Å². The summed E-state index contributed by atoms with van der Waals surface area (Å²) in [5.74, 6) is -2.71. The van der Waals surface area contributed by atoms with Crippen LogP contribution in [0.3, 0.4) is 0 Å². The van der Waals surface area contributed by atoms with Crippen molar-refractivity contribution in [2.75, 3.05) is 28.6 Å². The number of hydrogen-bond acceptors (Lipinski definition) is 5. The number of pyridine rings is 1. The number of carboxylic acid groups (broad SMARTS) is 1. The van der Waals surface area contributed by atoms with E-state index in [0.29, 0.717) is 32.5 Å². The van der Waals surface area contributed by atoms with Crippen LogP contribution in [0.1, 0.15) is 18.4 Å². The van der Waals surface area contributed by atoms with E-state index in [2.05, 4.69) is 15.6 Å². The highest BCUT2D eigenvalue weighted by atomic mass is 19.4. The first-order chi connectivity index (χ1) is 18.6. The molecule has 1 saturated heterocycles. The number of halogens is 3. The number of aliphatic carboxylic acids is 1. The average molecular weight is 542 g/mol. The molecule has 1 fully saturated rings. The van der Waals surface area contributed by atoms with E-state index in [1.54, 1.807) is 17.3 Å². The molecular weight excluding hydrogens is 515 g/mol. The monoisotopic (exact) mass is 541 g/mol. The number of para-hydroxylation sites is 3. The van der Waals surface area contributed by atoms with Gasteiger partial charge in [0.25, 0.3) is 5.91 Å². The van der Waals surface area contributed by atoms with Gasteiger partial charge in [0.15, 0.2) is 0 Å². The molecule has 204 valence electrons. The molecule has 2 aliphatic rings. The zero-order valence-corrected chi connectivity index (χ0v) is 20.7. The molecule has 9 nitrogen and oxygen atoms in total. The van der Waals surface area contributed by atoms with Crippen LogP contribution in [0.2, 0.25) is 0 Å². The van der Waals surface area contributed by atoms with E-state index in [-0.39, 0.29) is 11.9 Å². The fraction of sp³-hybridized carbons (Fsp3) is 0.259. The van der Waals surface area contributed by atoms with Gasteiger partial charge in [0.2, 0.25) is 0 Å². The third kappa shape index (κ3) is 6.46. The Bertz CT molecular complexity index is 1310. The molecule has 3 heterocycles. The summed E-state index contributed by atoms with van der Waals surface area (Å²) in [4.78, 5) is 43.2. The molecule has 3 amide bonds. The molecule has 39 heavy (non-hydrogen) atoms. The number of alkyl halides is 3. The number of anilines is 3. The summed E-state index contributed by atoms with van der Waals surface area (Å²) in [5.41, 5.74) is 2.84. The average Bonchev–Trinajstić information content (AvgIpc) is 2.92. The standard InChI is InChI=1S/C25H25N5O2.C2HF3O2/c31-23-25(12-15-29(16-13-25)24(32)27-20-8-2-1-3-9-20)28-21-10-4-5-11-22(21)30(23)18-19-7-6-14-26-17-19;3-2(4,5)1(6)7/h1-11,14,17,28H,12-13,15-16,18H2,(H,27,32);(H,6,7). The van der Waals surface area contributed by atoms with E-state index >= 15 is 0 Å². The molecule has 0 aliphatic carbocycles. The number of likely N-dealkylation sites (tertiary alicyclic amines) is 1. The van der Waals surface area contributed by atoms with E-state index in [1.165, 1.54) is 0 Å². The van der Waals surface area contributed by atoms with Crippen LogP contribution in [-0.4, -0.2) is 57.7 Å². The van der Waals surface area contributed by atoms with Gasteiger partial charge in [-0.25, -0.2) is 9.59 Å². The second-order valence-corrected chi connectivity index (χ2v) is 9.06. The van der Waals surface area contributed by atoms with Gasteiger partial charge in [-0.2, -0.15) is 13.2 Å². The zero-order chi connectivity index (χ0) is 28.0. The lowest BCUT2D eigenvalue weighted by Crippen LogP contribution is -2.62. The maximum atomic E-state index is 13.8. The molecule has 3 aromatic rings. The van der Waals surface area contributed by atoms with Gasteiger partial charge in [-0.15, -0.1) is 0 Å². The first-order valence-electron chi connectivity index (χ1n) is 12.1. The Morgan fingerprint density at radius 3 is 2.26 bits per heavy atom. The number of nitrogens with zero attached hydrogens (tertiary/aromatic N) is 3. The van der Waals surface area contributed by atoms with Crippen LogP contribution in [0.5, 0.6) is 0 Å². The number of nitrogens with one attached hydrogen (secondary N) is 2. The van der Waals surface area contributed by atoms with Gasteiger partial charge >= 0.3 is 18.2 Å². The molecule has 0 bridgehead atoms. The molecule has 1 aromatic heterocycles. The molecule has 12 heteroatoms. The van der Waals surface area contributed by atoms with Gasteiger partial charge in [0.1, 0.15) is 5.54 Å². The zero-order valence-electron chi connectivity index (χ0n) is 20.7. The number of fused-ring (bicyclic) bond motifs is 1. The van der Waals surface area contributed by atoms with E-state index in [4.69, 9.17) is 9.90 Å². The lowest BCUT2D eigenvalue weighted by Gasteiger charge is -2.47. The van der Waals surface area contributed by atoms with Gasteiger partial charge in [-0.1, -0.05) is 36.4 Å². The fourth-order valence-electron chi connectivity index (χ4n) is 4.48. The Kier molecular flexibility index (Phi) is 8.03. The molecule has 0 saturated carbocycles. The van der Waals surface area contributed by atoms with Crippen LogP contribution < -0.4 is 15.5 Å². The number of carbonyl (C=O) groups is 3. The topological polar surface area (TPSA) is 115 Å². The minimum absolute atomic E-state index is 0.0446. The maximum absolute atomic E-state index is 13.8. The number of rotatable bonds is 3. The Labute approximate surface area is 222 Å². The summed E-state index contributed by atoms with van der Waals surface area (Å²) in [6.07, 6.45) is -0.465. The summed E-state index contributed by atoms with van der Waals surface area (Å²) in [6.45, 7) is 1.46. The van der Waals surface area contributed by atoms with Gasteiger partial charge in [-0.3, -0.25) is 9.78 Å². The number of urea groups is 1. The molecule has 0 unspecified atom stereocenters. The van der Waals surface area contributed by atoms with Crippen LogP contribution in [0.4, 0.5) is 35.0 Å². The Morgan fingerprint density at radius 1 is 1.00 bits per heavy atom. The third-order valence-electron chi connectivity index (χ3n) is 6.46. The van der Waals surface area contributed by atoms with Crippen molar-refractivity contribution >= 4 is 35.0 Å². The molecule has 5 rings (SSSR count). The highest BCUT2D eigenvalue weighted by Gasteiger charge is 2.48. The maximum Gasteiger partial charge on any atom is 0.490 e. The molecule has 0 atom stereocenters. The largest absolute Gasteiger partial charge is 0.490 e. The van der Waals surface area contributed by atoms with Crippen molar-refractivity contribution in [1.29, 1.82) is 0 Å².